The second kappa shape index (κ2) is 9.14. The fourth-order valence-corrected chi connectivity index (χ4v) is 3.79. The van der Waals surface area contributed by atoms with Crippen LogP contribution in [0.25, 0.3) is 5.57 Å². The van der Waals surface area contributed by atoms with Crippen molar-refractivity contribution in [2.45, 2.75) is 19.0 Å². The van der Waals surface area contributed by atoms with E-state index in [0.717, 1.165) is 12.1 Å². The zero-order chi connectivity index (χ0) is 23.6. The summed E-state index contributed by atoms with van der Waals surface area (Å²) in [6.45, 7) is 0.144. The molecule has 2 N–H and O–H groups in total. The predicted octanol–water partition coefficient (Wildman–Crippen LogP) is 3.62. The maximum absolute atomic E-state index is 13.0. The van der Waals surface area contributed by atoms with E-state index >= 15 is 0 Å². The second-order valence-electron chi connectivity index (χ2n) is 7.55. The third kappa shape index (κ3) is 4.95. The number of carbonyl (C=O) groups is 2. The van der Waals surface area contributed by atoms with E-state index in [2.05, 4.69) is 5.32 Å². The quantitative estimate of drug-likeness (QED) is 0.681. The van der Waals surface area contributed by atoms with E-state index in [0.29, 0.717) is 41.1 Å². The van der Waals surface area contributed by atoms with Crippen LogP contribution in [0.1, 0.15) is 24.0 Å². The van der Waals surface area contributed by atoms with Crippen LogP contribution in [-0.2, 0) is 15.8 Å². The number of halogens is 3. The molecule has 0 unspecified atom stereocenters. The number of amides is 2. The smallest absolute Gasteiger partial charge is 0.416 e. The van der Waals surface area contributed by atoms with Crippen LogP contribution in [0.15, 0.2) is 42.5 Å². The number of ether oxygens (including phenoxy) is 2. The highest BCUT2D eigenvalue weighted by atomic mass is 19.4. The van der Waals surface area contributed by atoms with Gasteiger partial charge in [-0.05, 0) is 48.7 Å². The van der Waals surface area contributed by atoms with Gasteiger partial charge in [-0.2, -0.15) is 13.2 Å². The zero-order valence-electron chi connectivity index (χ0n) is 17.4. The molecule has 2 aliphatic heterocycles. The standard InChI is InChI=1S/C23H21F3N2O5/c24-23(25,26)15-3-5-17-14(2-1-8-32-20(17)11-15)10-21(30)27-16-4-6-19-18(12-16)28(7-9-33-19)22(31)13-29/h3-6,10-12,29H,1-2,7-9,13H2,(H,27,30). The van der Waals surface area contributed by atoms with Gasteiger partial charge in [-0.1, -0.05) is 6.07 Å². The summed E-state index contributed by atoms with van der Waals surface area (Å²) in [5.74, 6) is -0.423. The number of carbonyl (C=O) groups excluding carboxylic acids is 2. The van der Waals surface area contributed by atoms with Gasteiger partial charge in [0.05, 0.1) is 24.4 Å². The molecule has 0 saturated heterocycles. The Kier molecular flexibility index (Phi) is 6.28. The topological polar surface area (TPSA) is 88.1 Å². The van der Waals surface area contributed by atoms with Gasteiger partial charge >= 0.3 is 6.18 Å². The Hall–Kier alpha value is -3.53. The summed E-state index contributed by atoms with van der Waals surface area (Å²) in [7, 11) is 0. The van der Waals surface area contributed by atoms with E-state index in [1.165, 1.54) is 17.0 Å². The number of aliphatic hydroxyl groups excluding tert-OH is 1. The lowest BCUT2D eigenvalue weighted by atomic mass is 9.99. The van der Waals surface area contributed by atoms with Gasteiger partial charge in [0.2, 0.25) is 5.91 Å². The van der Waals surface area contributed by atoms with Gasteiger partial charge in [0.25, 0.3) is 5.91 Å². The molecule has 2 aliphatic rings. The summed E-state index contributed by atoms with van der Waals surface area (Å²) in [6.07, 6.45) is -2.15. The zero-order valence-corrected chi connectivity index (χ0v) is 17.4. The maximum Gasteiger partial charge on any atom is 0.416 e. The van der Waals surface area contributed by atoms with Crippen LogP contribution in [0.2, 0.25) is 0 Å². The average molecular weight is 462 g/mol. The van der Waals surface area contributed by atoms with E-state index in [4.69, 9.17) is 9.47 Å². The lowest BCUT2D eigenvalue weighted by Gasteiger charge is -2.29. The number of anilines is 2. The van der Waals surface area contributed by atoms with E-state index < -0.39 is 30.2 Å². The number of hydrogen-bond acceptors (Lipinski definition) is 5. The summed E-state index contributed by atoms with van der Waals surface area (Å²) in [5, 5.41) is 11.9. The molecule has 2 heterocycles. The number of rotatable bonds is 3. The van der Waals surface area contributed by atoms with Crippen LogP contribution < -0.4 is 19.7 Å². The summed E-state index contributed by atoms with van der Waals surface area (Å²) in [4.78, 5) is 26.1. The molecule has 2 aromatic carbocycles. The normalized spacial score (nSPS) is 16.7. The summed E-state index contributed by atoms with van der Waals surface area (Å²) < 4.78 is 50.1. The van der Waals surface area contributed by atoms with Gasteiger partial charge in [0, 0.05) is 17.3 Å². The Morgan fingerprint density at radius 2 is 1.88 bits per heavy atom. The van der Waals surface area contributed by atoms with Crippen molar-refractivity contribution in [1.29, 1.82) is 0 Å². The van der Waals surface area contributed by atoms with Crippen molar-refractivity contribution >= 4 is 28.8 Å². The number of alkyl halides is 3. The van der Waals surface area contributed by atoms with Crippen LogP contribution in [0, 0.1) is 0 Å². The predicted molar refractivity (Wildman–Crippen MR) is 114 cm³/mol. The highest BCUT2D eigenvalue weighted by Crippen LogP contribution is 2.38. The molecule has 2 aromatic rings. The number of benzene rings is 2. The molecule has 4 rings (SSSR count). The van der Waals surface area contributed by atoms with Crippen LogP contribution in [0.5, 0.6) is 11.5 Å². The Balaban J connectivity index is 1.58. The molecule has 174 valence electrons. The average Bonchev–Trinajstić information content (AvgIpc) is 2.99. The summed E-state index contributed by atoms with van der Waals surface area (Å²) >= 11 is 0. The molecule has 2 amide bonds. The van der Waals surface area contributed by atoms with Gasteiger partial charge in [0.1, 0.15) is 24.7 Å². The first kappa shape index (κ1) is 22.7. The molecular formula is C23H21F3N2O5. The van der Waals surface area contributed by atoms with E-state index in [1.54, 1.807) is 18.2 Å². The first-order chi connectivity index (χ1) is 15.8. The number of allylic oxidation sites excluding steroid dienone is 1. The number of aliphatic hydroxyl groups is 1. The molecule has 33 heavy (non-hydrogen) atoms. The molecule has 0 aliphatic carbocycles. The molecule has 7 nitrogen and oxygen atoms in total. The van der Waals surface area contributed by atoms with Gasteiger partial charge < -0.3 is 24.8 Å². The number of fused-ring (bicyclic) bond motifs is 2. The molecule has 10 heteroatoms. The number of nitrogens with one attached hydrogen (secondary N) is 1. The summed E-state index contributed by atoms with van der Waals surface area (Å²) in [6, 6.07) is 8.03. The molecule has 0 spiro atoms. The first-order valence-electron chi connectivity index (χ1n) is 10.3. The monoisotopic (exact) mass is 462 g/mol. The molecule has 0 fully saturated rings. The van der Waals surface area contributed by atoms with E-state index in [-0.39, 0.29) is 25.5 Å². The van der Waals surface area contributed by atoms with Gasteiger partial charge in [-0.25, -0.2) is 0 Å². The first-order valence-corrected chi connectivity index (χ1v) is 10.3. The van der Waals surface area contributed by atoms with Crippen molar-refractivity contribution < 1.29 is 37.3 Å². The molecular weight excluding hydrogens is 441 g/mol. The van der Waals surface area contributed by atoms with Gasteiger partial charge in [0.15, 0.2) is 0 Å². The molecule has 0 saturated carbocycles. The van der Waals surface area contributed by atoms with E-state index in [1.807, 2.05) is 0 Å². The molecule has 0 radical (unpaired) electrons. The highest BCUT2D eigenvalue weighted by molar-refractivity contribution is 6.05. The van der Waals surface area contributed by atoms with Crippen molar-refractivity contribution in [3.63, 3.8) is 0 Å². The lowest BCUT2D eigenvalue weighted by molar-refractivity contribution is -0.137. The Bertz CT molecular complexity index is 1110. The van der Waals surface area contributed by atoms with Crippen LogP contribution in [-0.4, -0.2) is 43.3 Å². The highest BCUT2D eigenvalue weighted by Gasteiger charge is 2.32. The number of hydrogen-bond donors (Lipinski definition) is 2. The summed E-state index contributed by atoms with van der Waals surface area (Å²) in [5.41, 5.74) is 1.01. The molecule has 0 atom stereocenters. The maximum atomic E-state index is 13.0. The van der Waals surface area contributed by atoms with Crippen LogP contribution >= 0.6 is 0 Å². The van der Waals surface area contributed by atoms with Crippen molar-refractivity contribution in [2.24, 2.45) is 0 Å². The molecule has 0 aromatic heterocycles. The van der Waals surface area contributed by atoms with E-state index in [9.17, 15) is 27.9 Å². The minimum Gasteiger partial charge on any atom is -0.493 e. The minimum absolute atomic E-state index is 0.0884. The lowest BCUT2D eigenvalue weighted by Crippen LogP contribution is -2.39. The molecule has 0 bridgehead atoms. The van der Waals surface area contributed by atoms with Crippen molar-refractivity contribution in [1.82, 2.24) is 0 Å². The van der Waals surface area contributed by atoms with Gasteiger partial charge in [-0.15, -0.1) is 0 Å². The fourth-order valence-electron chi connectivity index (χ4n) is 3.79. The van der Waals surface area contributed by atoms with Crippen LogP contribution in [0.4, 0.5) is 24.5 Å². The van der Waals surface area contributed by atoms with Crippen molar-refractivity contribution in [3.05, 3.63) is 53.6 Å². The minimum atomic E-state index is -4.49. The SMILES string of the molecule is O=C(C=C1CCCOc2cc(C(F)(F)F)ccc21)Nc1ccc2c(c1)N(C(=O)CO)CCO2. The third-order valence-corrected chi connectivity index (χ3v) is 5.33. The Morgan fingerprint density at radius 3 is 2.64 bits per heavy atom. The number of nitrogens with zero attached hydrogens (tertiary/aromatic N) is 1. The Morgan fingerprint density at radius 1 is 1.09 bits per heavy atom. The largest absolute Gasteiger partial charge is 0.493 e. The van der Waals surface area contributed by atoms with Crippen molar-refractivity contribution in [2.75, 3.05) is 36.6 Å². The Labute approximate surface area is 187 Å². The third-order valence-electron chi connectivity index (χ3n) is 5.33. The van der Waals surface area contributed by atoms with Crippen LogP contribution in [0.3, 0.4) is 0 Å². The van der Waals surface area contributed by atoms with Crippen molar-refractivity contribution in [3.8, 4) is 11.5 Å². The fraction of sp³-hybridized carbons (Fsp3) is 0.304. The van der Waals surface area contributed by atoms with Gasteiger partial charge in [-0.3, -0.25) is 9.59 Å². The second-order valence-corrected chi connectivity index (χ2v) is 7.55.